The van der Waals surface area contributed by atoms with E-state index in [1.54, 1.807) is 24.3 Å². The zero-order chi connectivity index (χ0) is 13.7. The van der Waals surface area contributed by atoms with E-state index in [4.69, 9.17) is 10.00 Å². The predicted molar refractivity (Wildman–Crippen MR) is 66.7 cm³/mol. The van der Waals surface area contributed by atoms with Gasteiger partial charge in [0.25, 0.3) is 0 Å². The molecule has 0 amide bonds. The van der Waals surface area contributed by atoms with Crippen LogP contribution in [0.25, 0.3) is 0 Å². The lowest BCUT2D eigenvalue weighted by Crippen LogP contribution is -2.06. The molecule has 4 heteroatoms. The molecule has 0 aromatic heterocycles. The van der Waals surface area contributed by atoms with E-state index in [-0.39, 0.29) is 12.2 Å². The van der Waals surface area contributed by atoms with Crippen LogP contribution in [0.4, 0.5) is 4.39 Å². The number of benzene rings is 2. The van der Waals surface area contributed by atoms with Gasteiger partial charge in [-0.2, -0.15) is 5.26 Å². The second-order valence-corrected chi connectivity index (χ2v) is 3.85. The summed E-state index contributed by atoms with van der Waals surface area (Å²) in [5, 5.41) is 8.90. The molecule has 0 aliphatic heterocycles. The summed E-state index contributed by atoms with van der Waals surface area (Å²) in [5.41, 5.74) is 1.38. The van der Waals surface area contributed by atoms with E-state index in [2.05, 4.69) is 0 Å². The van der Waals surface area contributed by atoms with Crippen LogP contribution in [0.15, 0.2) is 48.5 Å². The lowest BCUT2D eigenvalue weighted by molar-refractivity contribution is 0.0472. The Bertz CT molecular complexity index is 629. The fourth-order valence-corrected chi connectivity index (χ4v) is 1.57. The number of hydrogen-bond donors (Lipinski definition) is 0. The minimum atomic E-state index is -0.548. The van der Waals surface area contributed by atoms with Gasteiger partial charge in [-0.15, -0.1) is 0 Å². The Hall–Kier alpha value is -2.67. The SMILES string of the molecule is N#Cc1ccccc1COC(=O)c1ccc(F)cc1. The lowest BCUT2D eigenvalue weighted by atomic mass is 10.1. The largest absolute Gasteiger partial charge is 0.457 e. The molecule has 0 fully saturated rings. The Labute approximate surface area is 109 Å². The molecule has 0 aliphatic carbocycles. The van der Waals surface area contributed by atoms with E-state index in [0.717, 1.165) is 0 Å². The number of carbonyl (C=O) groups is 1. The van der Waals surface area contributed by atoms with Crippen molar-refractivity contribution in [1.29, 1.82) is 5.26 Å². The van der Waals surface area contributed by atoms with Crippen LogP contribution in [-0.2, 0) is 11.3 Å². The highest BCUT2D eigenvalue weighted by Gasteiger charge is 2.08. The predicted octanol–water partition coefficient (Wildman–Crippen LogP) is 3.05. The van der Waals surface area contributed by atoms with Gasteiger partial charge in [-0.3, -0.25) is 0 Å². The van der Waals surface area contributed by atoms with E-state index in [1.165, 1.54) is 24.3 Å². The maximum Gasteiger partial charge on any atom is 0.338 e. The third-order valence-corrected chi connectivity index (χ3v) is 2.58. The van der Waals surface area contributed by atoms with Gasteiger partial charge in [-0.05, 0) is 30.3 Å². The van der Waals surface area contributed by atoms with Gasteiger partial charge in [-0.1, -0.05) is 18.2 Å². The van der Waals surface area contributed by atoms with Gasteiger partial charge < -0.3 is 4.74 Å². The summed E-state index contributed by atoms with van der Waals surface area (Å²) < 4.78 is 17.8. The van der Waals surface area contributed by atoms with Crippen molar-refractivity contribution in [2.45, 2.75) is 6.61 Å². The number of halogens is 1. The highest BCUT2D eigenvalue weighted by molar-refractivity contribution is 5.89. The molecule has 2 rings (SSSR count). The van der Waals surface area contributed by atoms with E-state index >= 15 is 0 Å². The van der Waals surface area contributed by atoms with Crippen LogP contribution in [0.3, 0.4) is 0 Å². The third-order valence-electron chi connectivity index (χ3n) is 2.58. The van der Waals surface area contributed by atoms with Gasteiger partial charge in [0.05, 0.1) is 17.2 Å². The summed E-state index contributed by atoms with van der Waals surface area (Å²) in [4.78, 5) is 11.7. The number of rotatable bonds is 3. The van der Waals surface area contributed by atoms with Crippen LogP contribution in [0.1, 0.15) is 21.5 Å². The van der Waals surface area contributed by atoms with Crippen LogP contribution >= 0.6 is 0 Å². The van der Waals surface area contributed by atoms with Gasteiger partial charge >= 0.3 is 5.97 Å². The highest BCUT2D eigenvalue weighted by atomic mass is 19.1. The molecule has 0 heterocycles. The molecule has 2 aromatic carbocycles. The van der Waals surface area contributed by atoms with E-state index in [9.17, 15) is 9.18 Å². The number of ether oxygens (including phenoxy) is 1. The fourth-order valence-electron chi connectivity index (χ4n) is 1.57. The average Bonchev–Trinajstić information content (AvgIpc) is 2.45. The monoisotopic (exact) mass is 255 g/mol. The quantitative estimate of drug-likeness (QED) is 0.792. The molecule has 0 unspecified atom stereocenters. The summed E-state index contributed by atoms with van der Waals surface area (Å²) in [5.74, 6) is -0.959. The number of nitriles is 1. The molecule has 0 bridgehead atoms. The minimum absolute atomic E-state index is 0.0138. The molecule has 0 atom stereocenters. The second-order valence-electron chi connectivity index (χ2n) is 3.85. The van der Waals surface area contributed by atoms with Crippen molar-refractivity contribution in [3.63, 3.8) is 0 Å². The first-order valence-corrected chi connectivity index (χ1v) is 5.61. The van der Waals surface area contributed by atoms with Crippen molar-refractivity contribution in [3.05, 3.63) is 71.0 Å². The summed E-state index contributed by atoms with van der Waals surface area (Å²) in [6.07, 6.45) is 0. The Morgan fingerprint density at radius 2 is 1.84 bits per heavy atom. The van der Waals surface area contributed by atoms with Gasteiger partial charge in [0, 0.05) is 5.56 Å². The van der Waals surface area contributed by atoms with Crippen LogP contribution in [0, 0.1) is 17.1 Å². The molecule has 0 radical (unpaired) electrons. The molecular weight excluding hydrogens is 245 g/mol. The molecule has 0 saturated heterocycles. The zero-order valence-electron chi connectivity index (χ0n) is 9.97. The van der Waals surface area contributed by atoms with Gasteiger partial charge in [0.15, 0.2) is 0 Å². The topological polar surface area (TPSA) is 50.1 Å². The summed E-state index contributed by atoms with van der Waals surface area (Å²) in [6.45, 7) is 0.0138. The molecule has 2 aromatic rings. The first kappa shape index (κ1) is 12.8. The van der Waals surface area contributed by atoms with Gasteiger partial charge in [0.1, 0.15) is 12.4 Å². The normalized spacial score (nSPS) is 9.68. The van der Waals surface area contributed by atoms with Crippen molar-refractivity contribution < 1.29 is 13.9 Å². The zero-order valence-corrected chi connectivity index (χ0v) is 9.97. The molecule has 0 spiro atoms. The summed E-state index contributed by atoms with van der Waals surface area (Å²) in [7, 11) is 0. The van der Waals surface area contributed by atoms with Crippen molar-refractivity contribution >= 4 is 5.97 Å². The van der Waals surface area contributed by atoms with Crippen molar-refractivity contribution in [2.75, 3.05) is 0 Å². The molecule has 0 N–H and O–H groups in total. The smallest absolute Gasteiger partial charge is 0.338 e. The molecule has 3 nitrogen and oxygen atoms in total. The Morgan fingerprint density at radius 3 is 2.53 bits per heavy atom. The molecule has 0 saturated carbocycles. The van der Waals surface area contributed by atoms with Crippen LogP contribution in [-0.4, -0.2) is 5.97 Å². The second kappa shape index (κ2) is 5.78. The fraction of sp³-hybridized carbons (Fsp3) is 0.0667. The highest BCUT2D eigenvalue weighted by Crippen LogP contribution is 2.11. The first-order valence-electron chi connectivity index (χ1n) is 5.61. The first-order chi connectivity index (χ1) is 9.20. The van der Waals surface area contributed by atoms with E-state index in [0.29, 0.717) is 11.1 Å². The van der Waals surface area contributed by atoms with Crippen molar-refractivity contribution in [2.24, 2.45) is 0 Å². The van der Waals surface area contributed by atoms with E-state index < -0.39 is 11.8 Å². The maximum atomic E-state index is 12.7. The Kier molecular flexibility index (Phi) is 3.89. The van der Waals surface area contributed by atoms with E-state index in [1.807, 2.05) is 6.07 Å². The molecular formula is C15H10FNO2. The van der Waals surface area contributed by atoms with Crippen LogP contribution in [0.5, 0.6) is 0 Å². The van der Waals surface area contributed by atoms with Gasteiger partial charge in [0.2, 0.25) is 0 Å². The van der Waals surface area contributed by atoms with Gasteiger partial charge in [-0.25, -0.2) is 9.18 Å². The average molecular weight is 255 g/mol. The lowest BCUT2D eigenvalue weighted by Gasteiger charge is -2.06. The molecule has 0 aliphatic rings. The van der Waals surface area contributed by atoms with Crippen molar-refractivity contribution in [1.82, 2.24) is 0 Å². The maximum absolute atomic E-state index is 12.7. The van der Waals surface area contributed by atoms with Crippen molar-refractivity contribution in [3.8, 4) is 6.07 Å². The number of esters is 1. The Morgan fingerprint density at radius 1 is 1.16 bits per heavy atom. The van der Waals surface area contributed by atoms with Crippen LogP contribution in [0.2, 0.25) is 0 Å². The number of carbonyl (C=O) groups excluding carboxylic acids is 1. The Balaban J connectivity index is 2.05. The third kappa shape index (κ3) is 3.17. The molecule has 94 valence electrons. The summed E-state index contributed by atoms with van der Waals surface area (Å²) in [6, 6.07) is 14.0. The number of hydrogen-bond acceptors (Lipinski definition) is 3. The standard InChI is InChI=1S/C15H10FNO2/c16-14-7-5-11(6-8-14)15(18)19-10-13-4-2-1-3-12(13)9-17/h1-8H,10H2. The minimum Gasteiger partial charge on any atom is -0.457 e. The van der Waals surface area contributed by atoms with Crippen LogP contribution < -0.4 is 0 Å². The number of nitrogens with zero attached hydrogens (tertiary/aromatic N) is 1. The molecule has 19 heavy (non-hydrogen) atoms. The summed E-state index contributed by atoms with van der Waals surface area (Å²) >= 11 is 0.